The van der Waals surface area contributed by atoms with E-state index in [-0.39, 0.29) is 24.1 Å². The molecule has 0 saturated carbocycles. The first kappa shape index (κ1) is 23.6. The van der Waals surface area contributed by atoms with Gasteiger partial charge in [-0.05, 0) is 47.7 Å². The van der Waals surface area contributed by atoms with E-state index in [9.17, 15) is 18.0 Å². The molecular weight excluding hydrogens is 479 g/mol. The van der Waals surface area contributed by atoms with Crippen LogP contribution in [0.3, 0.4) is 0 Å². The van der Waals surface area contributed by atoms with Crippen LogP contribution in [0, 0.1) is 0 Å². The van der Waals surface area contributed by atoms with Gasteiger partial charge in [0.1, 0.15) is 6.04 Å². The molecule has 0 unspecified atom stereocenters. The molecule has 1 N–H and O–H groups in total. The van der Waals surface area contributed by atoms with Crippen LogP contribution in [0.25, 0.3) is 0 Å². The van der Waals surface area contributed by atoms with Gasteiger partial charge < -0.3 is 19.5 Å². The van der Waals surface area contributed by atoms with Gasteiger partial charge in [0.05, 0.1) is 21.3 Å². The lowest BCUT2D eigenvalue weighted by Gasteiger charge is -2.35. The number of ether oxygens (including phenoxy) is 3. The van der Waals surface area contributed by atoms with Gasteiger partial charge in [-0.1, -0.05) is 0 Å². The number of fused-ring (bicyclic) bond motifs is 1. The molecule has 0 spiro atoms. The number of ketones is 1. The average molecular weight is 501 g/mol. The van der Waals surface area contributed by atoms with Gasteiger partial charge in [0.15, 0.2) is 17.3 Å². The maximum atomic E-state index is 13.6. The summed E-state index contributed by atoms with van der Waals surface area (Å²) in [6, 6.07) is 5.99. The number of rotatable bonds is 5. The molecule has 3 heterocycles. The van der Waals surface area contributed by atoms with Gasteiger partial charge in [-0.2, -0.15) is 18.2 Å². The molecule has 1 aromatic carbocycles. The first-order valence-electron chi connectivity index (χ1n) is 11.0. The van der Waals surface area contributed by atoms with E-state index in [0.717, 1.165) is 10.2 Å². The zero-order valence-electron chi connectivity index (χ0n) is 19.6. The molecule has 1 aliphatic carbocycles. The number of nitrogens with zero attached hydrogens (tertiary/aromatic N) is 4. The SMILES string of the molecule is COc1cc([C@H]2CC(=O)C3=C(C2)Nc2nc(C(F)(F)F)nn2[C@H]3c2ccncc2)cc(OC)c1OC. The van der Waals surface area contributed by atoms with E-state index in [4.69, 9.17) is 14.2 Å². The number of hydrogen-bond acceptors (Lipinski definition) is 8. The highest BCUT2D eigenvalue weighted by Gasteiger charge is 2.43. The topological polar surface area (TPSA) is 100 Å². The standard InChI is InChI=1S/C24H22F3N5O4/c1-34-17-10-14(11-18(35-2)21(17)36-3)13-8-15-19(16(33)9-13)20(12-4-6-28-7-5-12)32-23(29-15)30-22(31-32)24(25,26)27/h4-7,10-11,13,20H,8-9H2,1-3H3,(H,29,30,31)/t13-,20+/m1/s1. The van der Waals surface area contributed by atoms with E-state index >= 15 is 0 Å². The van der Waals surface area contributed by atoms with Crippen LogP contribution in [0.4, 0.5) is 19.1 Å². The zero-order chi connectivity index (χ0) is 25.6. The zero-order valence-corrected chi connectivity index (χ0v) is 19.6. The molecule has 12 heteroatoms. The summed E-state index contributed by atoms with van der Waals surface area (Å²) >= 11 is 0. The fourth-order valence-corrected chi connectivity index (χ4v) is 4.76. The number of aromatic nitrogens is 4. The van der Waals surface area contributed by atoms with E-state index in [1.165, 1.54) is 33.7 Å². The minimum atomic E-state index is -4.74. The van der Waals surface area contributed by atoms with Crippen molar-refractivity contribution in [3.63, 3.8) is 0 Å². The van der Waals surface area contributed by atoms with Gasteiger partial charge in [0.2, 0.25) is 11.7 Å². The van der Waals surface area contributed by atoms with Crippen molar-refractivity contribution >= 4 is 11.7 Å². The fraction of sp³-hybridized carbons (Fsp3) is 0.333. The molecular formula is C24H22F3N5O4. The molecule has 5 rings (SSSR count). The molecule has 0 radical (unpaired) electrons. The van der Waals surface area contributed by atoms with Crippen molar-refractivity contribution in [1.82, 2.24) is 19.7 Å². The number of allylic oxidation sites excluding steroid dienone is 2. The monoisotopic (exact) mass is 501 g/mol. The van der Waals surface area contributed by atoms with Crippen molar-refractivity contribution in [3.8, 4) is 17.2 Å². The quantitative estimate of drug-likeness (QED) is 0.557. The summed E-state index contributed by atoms with van der Waals surface area (Å²) in [4.78, 5) is 21.2. The molecule has 3 aromatic rings. The number of pyridine rings is 1. The highest BCUT2D eigenvalue weighted by Crippen LogP contribution is 2.47. The summed E-state index contributed by atoms with van der Waals surface area (Å²) in [5.74, 6) is -0.545. The molecule has 1 aliphatic heterocycles. The Kier molecular flexibility index (Phi) is 5.81. The fourth-order valence-electron chi connectivity index (χ4n) is 4.76. The lowest BCUT2D eigenvalue weighted by atomic mass is 9.78. The van der Waals surface area contributed by atoms with Crippen molar-refractivity contribution in [2.45, 2.75) is 31.0 Å². The van der Waals surface area contributed by atoms with Crippen LogP contribution in [0.5, 0.6) is 17.2 Å². The number of carbonyl (C=O) groups excluding carboxylic acids is 1. The minimum Gasteiger partial charge on any atom is -0.493 e. The number of benzene rings is 1. The number of nitrogens with one attached hydrogen (secondary N) is 1. The Morgan fingerprint density at radius 2 is 1.67 bits per heavy atom. The molecule has 0 amide bonds. The maximum absolute atomic E-state index is 13.6. The van der Waals surface area contributed by atoms with Crippen LogP contribution in [-0.2, 0) is 11.0 Å². The third-order valence-corrected chi connectivity index (χ3v) is 6.35. The summed E-state index contributed by atoms with van der Waals surface area (Å²) < 4.78 is 57.7. The third kappa shape index (κ3) is 3.91. The normalized spacial score (nSPS) is 19.3. The maximum Gasteiger partial charge on any atom is 0.453 e. The van der Waals surface area contributed by atoms with Gasteiger partial charge in [0, 0.05) is 30.1 Å². The summed E-state index contributed by atoms with van der Waals surface area (Å²) in [7, 11) is 4.50. The molecule has 188 valence electrons. The summed E-state index contributed by atoms with van der Waals surface area (Å²) in [6.07, 6.45) is -1.21. The highest BCUT2D eigenvalue weighted by atomic mass is 19.4. The van der Waals surface area contributed by atoms with E-state index in [2.05, 4.69) is 20.4 Å². The van der Waals surface area contributed by atoms with Gasteiger partial charge in [0.25, 0.3) is 5.82 Å². The van der Waals surface area contributed by atoms with Crippen molar-refractivity contribution in [2.75, 3.05) is 26.6 Å². The van der Waals surface area contributed by atoms with E-state index < -0.39 is 18.0 Å². The van der Waals surface area contributed by atoms with E-state index in [1.807, 2.05) is 0 Å². The van der Waals surface area contributed by atoms with Gasteiger partial charge >= 0.3 is 6.18 Å². The second-order valence-corrected chi connectivity index (χ2v) is 8.39. The highest BCUT2D eigenvalue weighted by molar-refractivity contribution is 6.00. The summed E-state index contributed by atoms with van der Waals surface area (Å²) in [5, 5.41) is 6.66. The number of alkyl halides is 3. The Morgan fingerprint density at radius 3 is 2.25 bits per heavy atom. The van der Waals surface area contributed by atoms with Crippen LogP contribution in [0.1, 0.15) is 41.8 Å². The average Bonchev–Trinajstić information content (AvgIpc) is 3.31. The van der Waals surface area contributed by atoms with E-state index in [0.29, 0.717) is 40.5 Å². The minimum absolute atomic E-state index is 0.0822. The first-order valence-corrected chi connectivity index (χ1v) is 11.0. The second-order valence-electron chi connectivity index (χ2n) is 8.39. The number of methoxy groups -OCH3 is 3. The van der Waals surface area contributed by atoms with Gasteiger partial charge in [-0.25, -0.2) is 4.68 Å². The molecule has 0 saturated heterocycles. The first-order chi connectivity index (χ1) is 17.2. The van der Waals surface area contributed by atoms with Crippen LogP contribution < -0.4 is 19.5 Å². The van der Waals surface area contributed by atoms with Crippen molar-refractivity contribution < 1.29 is 32.2 Å². The predicted octanol–water partition coefficient (Wildman–Crippen LogP) is 4.13. The van der Waals surface area contributed by atoms with Gasteiger partial charge in [-0.3, -0.25) is 9.78 Å². The van der Waals surface area contributed by atoms with Crippen LogP contribution in [0.2, 0.25) is 0 Å². The summed E-state index contributed by atoms with van der Waals surface area (Å²) in [6.45, 7) is 0. The lowest BCUT2D eigenvalue weighted by Crippen LogP contribution is -2.33. The summed E-state index contributed by atoms with van der Waals surface area (Å²) in [5.41, 5.74) is 2.21. The second kappa shape index (κ2) is 8.85. The number of hydrogen-bond donors (Lipinski definition) is 1. The number of anilines is 1. The Balaban J connectivity index is 1.60. The molecule has 2 aromatic heterocycles. The van der Waals surface area contributed by atoms with Crippen LogP contribution in [0.15, 0.2) is 47.9 Å². The van der Waals surface area contributed by atoms with Gasteiger partial charge in [-0.15, -0.1) is 5.10 Å². The molecule has 2 aliphatic rings. The Bertz CT molecular complexity index is 1330. The predicted molar refractivity (Wildman–Crippen MR) is 121 cm³/mol. The number of Topliss-reactive ketones (excluding diaryl/α,β-unsaturated/α-hetero) is 1. The smallest absolute Gasteiger partial charge is 0.453 e. The number of halogens is 3. The van der Waals surface area contributed by atoms with Crippen molar-refractivity contribution in [2.24, 2.45) is 0 Å². The van der Waals surface area contributed by atoms with Crippen molar-refractivity contribution in [3.05, 3.63) is 64.9 Å². The lowest BCUT2D eigenvalue weighted by molar-refractivity contribution is -0.145. The third-order valence-electron chi connectivity index (χ3n) is 6.35. The molecule has 0 fully saturated rings. The van der Waals surface area contributed by atoms with E-state index in [1.54, 1.807) is 24.3 Å². The Hall–Kier alpha value is -4.09. The van der Waals surface area contributed by atoms with Crippen LogP contribution in [-0.4, -0.2) is 46.9 Å². The molecule has 0 bridgehead atoms. The van der Waals surface area contributed by atoms with Crippen LogP contribution >= 0.6 is 0 Å². The Morgan fingerprint density at radius 1 is 1.00 bits per heavy atom. The van der Waals surface area contributed by atoms with Crippen molar-refractivity contribution in [1.29, 1.82) is 0 Å². The molecule has 36 heavy (non-hydrogen) atoms. The number of carbonyl (C=O) groups is 1. The molecule has 2 atom stereocenters. The molecule has 9 nitrogen and oxygen atoms in total. The largest absolute Gasteiger partial charge is 0.493 e. The Labute approximate surface area is 203 Å².